The number of nitrogens with one attached hydrogen (secondary N) is 1. The van der Waals surface area contributed by atoms with Gasteiger partial charge < -0.3 is 5.32 Å². The summed E-state index contributed by atoms with van der Waals surface area (Å²) in [5.74, 6) is -0.905. The summed E-state index contributed by atoms with van der Waals surface area (Å²) in [4.78, 5) is 31.8. The van der Waals surface area contributed by atoms with Gasteiger partial charge in [0.1, 0.15) is 5.78 Å². The summed E-state index contributed by atoms with van der Waals surface area (Å²) >= 11 is 0. The number of hydrogen-bond acceptors (Lipinski definition) is 3. The van der Waals surface area contributed by atoms with Crippen LogP contribution >= 0.6 is 0 Å². The lowest BCUT2D eigenvalue weighted by atomic mass is 10.2. The monoisotopic (exact) mass is 169 g/mol. The standard InChI is InChI=1S/C8H11NO3/c1-3-8(12)9-5-7(11)4-6(2)10/h3H,1,4-5H2,2H3,(H,9,12). The Morgan fingerprint density at radius 3 is 2.42 bits per heavy atom. The van der Waals surface area contributed by atoms with E-state index in [-0.39, 0.29) is 24.5 Å². The first-order valence-electron chi connectivity index (χ1n) is 3.47. The number of amides is 1. The maximum absolute atomic E-state index is 10.8. The smallest absolute Gasteiger partial charge is 0.243 e. The zero-order valence-electron chi connectivity index (χ0n) is 6.92. The molecule has 0 saturated heterocycles. The van der Waals surface area contributed by atoms with Crippen molar-refractivity contribution >= 4 is 17.5 Å². The van der Waals surface area contributed by atoms with Crippen LogP contribution in [0.2, 0.25) is 0 Å². The zero-order chi connectivity index (χ0) is 9.56. The van der Waals surface area contributed by atoms with E-state index in [0.717, 1.165) is 6.08 Å². The normalized spacial score (nSPS) is 8.75. The average Bonchev–Trinajstić information content (AvgIpc) is 1.99. The van der Waals surface area contributed by atoms with Gasteiger partial charge in [-0.05, 0) is 13.0 Å². The van der Waals surface area contributed by atoms with E-state index in [1.54, 1.807) is 0 Å². The molecule has 66 valence electrons. The summed E-state index contributed by atoms with van der Waals surface area (Å²) in [5.41, 5.74) is 0. The zero-order valence-corrected chi connectivity index (χ0v) is 6.92. The lowest BCUT2D eigenvalue weighted by Crippen LogP contribution is -2.28. The van der Waals surface area contributed by atoms with Gasteiger partial charge in [-0.15, -0.1) is 0 Å². The SMILES string of the molecule is C=CC(=O)NCC(=O)CC(C)=O. The first kappa shape index (κ1) is 10.6. The molecule has 1 N–H and O–H groups in total. The molecule has 0 aliphatic carbocycles. The van der Waals surface area contributed by atoms with E-state index in [1.807, 2.05) is 0 Å². The molecular weight excluding hydrogens is 158 g/mol. The quantitative estimate of drug-likeness (QED) is 0.459. The molecule has 0 aromatic heterocycles. The molecule has 1 amide bonds. The van der Waals surface area contributed by atoms with Crippen LogP contribution < -0.4 is 5.32 Å². The molecule has 0 rings (SSSR count). The number of hydrogen-bond donors (Lipinski definition) is 1. The summed E-state index contributed by atoms with van der Waals surface area (Å²) in [6.07, 6.45) is 0.943. The minimum atomic E-state index is -0.410. The predicted molar refractivity (Wildman–Crippen MR) is 43.5 cm³/mol. The largest absolute Gasteiger partial charge is 0.345 e. The molecule has 0 atom stereocenters. The maximum Gasteiger partial charge on any atom is 0.243 e. The maximum atomic E-state index is 10.8. The molecule has 0 fully saturated rings. The summed E-state index contributed by atoms with van der Waals surface area (Å²) < 4.78 is 0. The van der Waals surface area contributed by atoms with Crippen molar-refractivity contribution in [1.29, 1.82) is 0 Å². The van der Waals surface area contributed by atoms with E-state index in [2.05, 4.69) is 11.9 Å². The van der Waals surface area contributed by atoms with Crippen molar-refractivity contribution < 1.29 is 14.4 Å². The molecule has 0 aromatic carbocycles. The molecule has 0 heterocycles. The molecule has 0 bridgehead atoms. The van der Waals surface area contributed by atoms with Crippen LogP contribution in [0.4, 0.5) is 0 Å². The van der Waals surface area contributed by atoms with E-state index in [0.29, 0.717) is 0 Å². The first-order valence-corrected chi connectivity index (χ1v) is 3.47. The highest BCUT2D eigenvalue weighted by molar-refractivity contribution is 6.00. The van der Waals surface area contributed by atoms with Crippen LogP contribution in [0.15, 0.2) is 12.7 Å². The second-order valence-corrected chi connectivity index (χ2v) is 2.34. The van der Waals surface area contributed by atoms with Crippen LogP contribution in [0.25, 0.3) is 0 Å². The third-order valence-corrected chi connectivity index (χ3v) is 1.09. The molecule has 0 saturated carbocycles. The Kier molecular flexibility index (Phi) is 4.60. The minimum absolute atomic E-state index is 0.107. The van der Waals surface area contributed by atoms with Crippen molar-refractivity contribution in [1.82, 2.24) is 5.32 Å². The lowest BCUT2D eigenvalue weighted by Gasteiger charge is -1.98. The highest BCUT2D eigenvalue weighted by Gasteiger charge is 2.05. The average molecular weight is 169 g/mol. The third kappa shape index (κ3) is 5.34. The van der Waals surface area contributed by atoms with Gasteiger partial charge in [0.2, 0.25) is 5.91 Å². The molecule has 0 aliphatic heterocycles. The van der Waals surface area contributed by atoms with E-state index in [4.69, 9.17) is 0 Å². The second-order valence-electron chi connectivity index (χ2n) is 2.34. The number of rotatable bonds is 5. The number of ketones is 2. The van der Waals surface area contributed by atoms with E-state index in [1.165, 1.54) is 6.92 Å². The number of carbonyl (C=O) groups excluding carboxylic acids is 3. The topological polar surface area (TPSA) is 63.2 Å². The second kappa shape index (κ2) is 5.23. The van der Waals surface area contributed by atoms with Gasteiger partial charge in [0.25, 0.3) is 0 Å². The fraction of sp³-hybridized carbons (Fsp3) is 0.375. The lowest BCUT2D eigenvalue weighted by molar-refractivity contribution is -0.127. The van der Waals surface area contributed by atoms with Crippen LogP contribution in [0, 0.1) is 0 Å². The van der Waals surface area contributed by atoms with E-state index < -0.39 is 5.91 Å². The van der Waals surface area contributed by atoms with Gasteiger partial charge in [-0.1, -0.05) is 6.58 Å². The number of Topliss-reactive ketones (excluding diaryl/α,β-unsaturated/α-hetero) is 2. The Bertz CT molecular complexity index is 220. The molecule has 0 radical (unpaired) electrons. The molecule has 0 spiro atoms. The number of carbonyl (C=O) groups is 3. The minimum Gasteiger partial charge on any atom is -0.345 e. The van der Waals surface area contributed by atoms with Crippen LogP contribution in [0.1, 0.15) is 13.3 Å². The van der Waals surface area contributed by atoms with Gasteiger partial charge in [0.05, 0.1) is 13.0 Å². The summed E-state index contributed by atoms with van der Waals surface area (Å²) in [6.45, 7) is 4.43. The molecule has 12 heavy (non-hydrogen) atoms. The molecule has 0 aromatic rings. The van der Waals surface area contributed by atoms with Gasteiger partial charge in [0, 0.05) is 0 Å². The van der Waals surface area contributed by atoms with E-state index in [9.17, 15) is 14.4 Å². The summed E-state index contributed by atoms with van der Waals surface area (Å²) in [5, 5.41) is 2.28. The Hall–Kier alpha value is -1.45. The van der Waals surface area contributed by atoms with Crippen molar-refractivity contribution in [2.75, 3.05) is 6.54 Å². The fourth-order valence-electron chi connectivity index (χ4n) is 0.598. The highest BCUT2D eigenvalue weighted by atomic mass is 16.2. The predicted octanol–water partition coefficient (Wildman–Crippen LogP) is -0.163. The summed E-state index contributed by atoms with van der Waals surface area (Å²) in [7, 11) is 0. The first-order chi connectivity index (χ1) is 5.56. The van der Waals surface area contributed by atoms with Crippen LogP contribution in [0.3, 0.4) is 0 Å². The van der Waals surface area contributed by atoms with Gasteiger partial charge in [-0.2, -0.15) is 0 Å². The van der Waals surface area contributed by atoms with Gasteiger partial charge >= 0.3 is 0 Å². The third-order valence-electron chi connectivity index (χ3n) is 1.09. The Morgan fingerprint density at radius 1 is 1.42 bits per heavy atom. The Balaban J connectivity index is 3.64. The summed E-state index contributed by atoms with van der Waals surface area (Å²) in [6, 6.07) is 0. The Morgan fingerprint density at radius 2 is 2.00 bits per heavy atom. The van der Waals surface area contributed by atoms with Gasteiger partial charge in [-0.3, -0.25) is 14.4 Å². The van der Waals surface area contributed by atoms with Gasteiger partial charge in [-0.25, -0.2) is 0 Å². The van der Waals surface area contributed by atoms with Crippen LogP contribution in [-0.4, -0.2) is 24.0 Å². The molecule has 4 heteroatoms. The molecule has 0 aliphatic rings. The van der Waals surface area contributed by atoms with E-state index >= 15 is 0 Å². The Labute approximate surface area is 70.6 Å². The fourth-order valence-corrected chi connectivity index (χ4v) is 0.598. The highest BCUT2D eigenvalue weighted by Crippen LogP contribution is 1.83. The molecule has 0 unspecified atom stereocenters. The van der Waals surface area contributed by atoms with Crippen molar-refractivity contribution in [2.45, 2.75) is 13.3 Å². The van der Waals surface area contributed by atoms with Crippen LogP contribution in [0.5, 0.6) is 0 Å². The van der Waals surface area contributed by atoms with Gasteiger partial charge in [0.15, 0.2) is 5.78 Å². The van der Waals surface area contributed by atoms with Crippen LogP contribution in [-0.2, 0) is 14.4 Å². The van der Waals surface area contributed by atoms with Crippen molar-refractivity contribution in [3.63, 3.8) is 0 Å². The van der Waals surface area contributed by atoms with Crippen molar-refractivity contribution in [2.24, 2.45) is 0 Å². The van der Waals surface area contributed by atoms with Crippen molar-refractivity contribution in [3.8, 4) is 0 Å². The van der Waals surface area contributed by atoms with Crippen molar-refractivity contribution in [3.05, 3.63) is 12.7 Å². The molecule has 4 nitrogen and oxygen atoms in total. The molecular formula is C8H11NO3.